The Morgan fingerprint density at radius 2 is 1.19 bits per heavy atom. The molecule has 0 bridgehead atoms. The fourth-order valence-corrected chi connectivity index (χ4v) is 5.10. The van der Waals surface area contributed by atoms with E-state index in [2.05, 4.69) is 0 Å². The highest BCUT2D eigenvalue weighted by atomic mass is 35.5. The lowest BCUT2D eigenvalue weighted by Crippen LogP contribution is -2.16. The Morgan fingerprint density at radius 1 is 0.762 bits per heavy atom. The van der Waals surface area contributed by atoms with Gasteiger partial charge in [-0.15, -0.1) is 0 Å². The minimum Gasteiger partial charge on any atom is -0.461 e. The zero-order chi connectivity index (χ0) is 31.4. The highest BCUT2D eigenvalue weighted by Crippen LogP contribution is 2.40. The minimum atomic E-state index is -4.58. The van der Waals surface area contributed by atoms with Gasteiger partial charge < -0.3 is 18.6 Å². The lowest BCUT2D eigenvalue weighted by atomic mass is 10.0. The molecule has 2 aromatic carbocycles. The SMILES string of the molecule is CCOC(=O)c1c(-c2ccc(Cl)cc2)c(C)c(C(F)(F)F)n1C.CCOC(=O)c1c(-c2ccc(Cl)cc2)c(C)cn1C. The first kappa shape index (κ1) is 32.8. The molecule has 0 amide bonds. The van der Waals surface area contributed by atoms with Gasteiger partial charge in [0.05, 0.1) is 13.2 Å². The van der Waals surface area contributed by atoms with Crippen LogP contribution in [0.5, 0.6) is 0 Å². The molecule has 0 unspecified atom stereocenters. The Kier molecular flexibility index (Phi) is 10.6. The molecular formula is C31H31Cl2F3N2O4. The second-order valence-corrected chi connectivity index (χ2v) is 10.2. The highest BCUT2D eigenvalue weighted by molar-refractivity contribution is 6.31. The fraction of sp³-hybridized carbons (Fsp3) is 0.290. The molecule has 11 heteroatoms. The van der Waals surface area contributed by atoms with Crippen molar-refractivity contribution in [2.75, 3.05) is 13.2 Å². The van der Waals surface area contributed by atoms with E-state index in [0.29, 0.717) is 27.9 Å². The first-order valence-electron chi connectivity index (χ1n) is 13.0. The summed E-state index contributed by atoms with van der Waals surface area (Å²) < 4.78 is 52.7. The maximum absolute atomic E-state index is 13.3. The normalized spacial score (nSPS) is 11.1. The van der Waals surface area contributed by atoms with E-state index in [1.165, 1.54) is 14.0 Å². The summed E-state index contributed by atoms with van der Waals surface area (Å²) in [4.78, 5) is 24.3. The number of hydrogen-bond donors (Lipinski definition) is 0. The molecule has 0 atom stereocenters. The molecule has 224 valence electrons. The average Bonchev–Trinajstić information content (AvgIpc) is 3.36. The van der Waals surface area contributed by atoms with E-state index < -0.39 is 17.8 Å². The van der Waals surface area contributed by atoms with Gasteiger partial charge in [0.2, 0.25) is 0 Å². The molecule has 0 N–H and O–H groups in total. The third-order valence-corrected chi connectivity index (χ3v) is 6.98. The summed E-state index contributed by atoms with van der Waals surface area (Å²) in [6, 6.07) is 13.7. The summed E-state index contributed by atoms with van der Waals surface area (Å²) in [5.74, 6) is -1.10. The number of nitrogens with zero attached hydrogens (tertiary/aromatic N) is 2. The maximum atomic E-state index is 13.3. The number of halogens is 5. The van der Waals surface area contributed by atoms with E-state index in [4.69, 9.17) is 32.7 Å². The Balaban J connectivity index is 0.000000235. The molecule has 2 heterocycles. The molecule has 4 rings (SSSR count). The van der Waals surface area contributed by atoms with Crippen LogP contribution >= 0.6 is 23.2 Å². The smallest absolute Gasteiger partial charge is 0.431 e. The van der Waals surface area contributed by atoms with Crippen molar-refractivity contribution < 1.29 is 32.2 Å². The molecule has 6 nitrogen and oxygen atoms in total. The number of ether oxygens (including phenoxy) is 2. The fourth-order valence-electron chi connectivity index (χ4n) is 4.85. The molecule has 4 aromatic rings. The van der Waals surface area contributed by atoms with Gasteiger partial charge in [0.1, 0.15) is 17.1 Å². The summed E-state index contributed by atoms with van der Waals surface area (Å²) in [5, 5.41) is 1.13. The number of alkyl halides is 3. The van der Waals surface area contributed by atoms with Crippen molar-refractivity contribution in [2.45, 2.75) is 33.9 Å². The summed E-state index contributed by atoms with van der Waals surface area (Å²) in [5.41, 5.74) is 3.13. The lowest BCUT2D eigenvalue weighted by molar-refractivity contribution is -0.143. The molecule has 0 aliphatic rings. The van der Waals surface area contributed by atoms with Crippen molar-refractivity contribution in [3.05, 3.63) is 93.0 Å². The lowest BCUT2D eigenvalue weighted by Gasteiger charge is -2.10. The van der Waals surface area contributed by atoms with Crippen LogP contribution in [0.4, 0.5) is 13.2 Å². The average molecular weight is 623 g/mol. The Morgan fingerprint density at radius 3 is 1.62 bits per heavy atom. The van der Waals surface area contributed by atoms with Crippen molar-refractivity contribution in [3.8, 4) is 22.3 Å². The van der Waals surface area contributed by atoms with Gasteiger partial charge in [-0.2, -0.15) is 13.2 Å². The van der Waals surface area contributed by atoms with E-state index in [0.717, 1.165) is 21.3 Å². The molecule has 0 spiro atoms. The van der Waals surface area contributed by atoms with E-state index >= 15 is 0 Å². The molecule has 42 heavy (non-hydrogen) atoms. The maximum Gasteiger partial charge on any atom is 0.431 e. The number of aryl methyl sites for hydroxylation is 2. The molecule has 0 aliphatic heterocycles. The van der Waals surface area contributed by atoms with Crippen LogP contribution in [0.3, 0.4) is 0 Å². The number of carbonyl (C=O) groups excluding carboxylic acids is 2. The van der Waals surface area contributed by atoms with Gasteiger partial charge in [-0.05, 0) is 74.2 Å². The summed E-state index contributed by atoms with van der Waals surface area (Å²) >= 11 is 11.7. The van der Waals surface area contributed by atoms with Crippen LogP contribution in [0, 0.1) is 13.8 Å². The summed E-state index contributed by atoms with van der Waals surface area (Å²) in [6.07, 6.45) is -2.65. The van der Waals surface area contributed by atoms with Crippen molar-refractivity contribution in [1.82, 2.24) is 9.13 Å². The Bertz CT molecular complexity index is 1570. The number of benzene rings is 2. The molecule has 0 saturated carbocycles. The number of hydrogen-bond acceptors (Lipinski definition) is 4. The van der Waals surface area contributed by atoms with Crippen molar-refractivity contribution in [2.24, 2.45) is 14.1 Å². The second-order valence-electron chi connectivity index (χ2n) is 9.36. The minimum absolute atomic E-state index is 0.0228. The molecule has 0 radical (unpaired) electrons. The molecule has 0 saturated heterocycles. The first-order chi connectivity index (χ1) is 19.7. The van der Waals surface area contributed by atoms with E-state index in [-0.39, 0.29) is 29.4 Å². The van der Waals surface area contributed by atoms with Crippen LogP contribution in [0.25, 0.3) is 22.3 Å². The van der Waals surface area contributed by atoms with Gasteiger partial charge in [-0.1, -0.05) is 47.5 Å². The van der Waals surface area contributed by atoms with Crippen molar-refractivity contribution >= 4 is 35.1 Å². The van der Waals surface area contributed by atoms with E-state index in [9.17, 15) is 22.8 Å². The predicted octanol–water partition coefficient (Wildman–Crippen LogP) is 8.68. The van der Waals surface area contributed by atoms with Crippen LogP contribution in [-0.2, 0) is 29.7 Å². The standard InChI is InChI=1S/C16H15ClF3NO2.C15H16ClNO2/c1-4-23-15(22)13-12(10-5-7-11(17)8-6-10)9(2)14(21(13)3)16(18,19)20;1-4-19-15(18)14-13(10(2)9-17(14)3)11-5-7-12(16)8-6-11/h5-8H,4H2,1-3H3;5-9H,4H2,1-3H3. The van der Waals surface area contributed by atoms with Crippen LogP contribution < -0.4 is 0 Å². The summed E-state index contributed by atoms with van der Waals surface area (Å²) in [7, 11) is 3.06. The van der Waals surface area contributed by atoms with E-state index in [1.807, 2.05) is 44.4 Å². The molecular weight excluding hydrogens is 592 g/mol. The van der Waals surface area contributed by atoms with Crippen molar-refractivity contribution in [1.29, 1.82) is 0 Å². The van der Waals surface area contributed by atoms with Crippen LogP contribution in [0.1, 0.15) is 51.6 Å². The third-order valence-electron chi connectivity index (χ3n) is 6.48. The Labute approximate surface area is 252 Å². The zero-order valence-corrected chi connectivity index (χ0v) is 25.5. The monoisotopic (exact) mass is 622 g/mol. The van der Waals surface area contributed by atoms with Gasteiger partial charge in [0.15, 0.2) is 0 Å². The number of carbonyl (C=O) groups is 2. The number of aromatic nitrogens is 2. The number of esters is 2. The predicted molar refractivity (Wildman–Crippen MR) is 158 cm³/mol. The van der Waals surface area contributed by atoms with Crippen molar-refractivity contribution in [3.63, 3.8) is 0 Å². The molecule has 0 aliphatic carbocycles. The molecule has 0 fully saturated rings. The first-order valence-corrected chi connectivity index (χ1v) is 13.8. The van der Waals surface area contributed by atoms with Gasteiger partial charge >= 0.3 is 18.1 Å². The second kappa shape index (κ2) is 13.5. The summed E-state index contributed by atoms with van der Waals surface area (Å²) in [6.45, 7) is 7.16. The van der Waals surface area contributed by atoms with Crippen LogP contribution in [0.2, 0.25) is 10.0 Å². The third kappa shape index (κ3) is 7.02. The van der Waals surface area contributed by atoms with Crippen LogP contribution in [-0.4, -0.2) is 34.3 Å². The van der Waals surface area contributed by atoms with Gasteiger partial charge in [-0.3, -0.25) is 0 Å². The quantitative estimate of drug-likeness (QED) is 0.202. The topological polar surface area (TPSA) is 62.5 Å². The Hall–Kier alpha value is -3.69. The highest BCUT2D eigenvalue weighted by Gasteiger charge is 2.40. The number of rotatable bonds is 6. The van der Waals surface area contributed by atoms with Crippen LogP contribution in [0.15, 0.2) is 54.7 Å². The molecule has 2 aromatic heterocycles. The van der Waals surface area contributed by atoms with E-state index in [1.54, 1.807) is 42.7 Å². The zero-order valence-electron chi connectivity index (χ0n) is 24.0. The van der Waals surface area contributed by atoms with Gasteiger partial charge in [-0.25, -0.2) is 9.59 Å². The van der Waals surface area contributed by atoms with Gasteiger partial charge in [0.25, 0.3) is 0 Å². The largest absolute Gasteiger partial charge is 0.461 e. The van der Waals surface area contributed by atoms with Gasteiger partial charge in [0, 0.05) is 41.5 Å².